The SMILES string of the molecule is CNCc1cc(S(=O)(=O)N2CCc3ccccc3C2)c[nH]1. The highest BCUT2D eigenvalue weighted by atomic mass is 32.2. The van der Waals surface area contributed by atoms with Crippen LogP contribution < -0.4 is 5.32 Å². The van der Waals surface area contributed by atoms with E-state index in [2.05, 4.69) is 16.4 Å². The van der Waals surface area contributed by atoms with Crippen LogP contribution in [0.3, 0.4) is 0 Å². The largest absolute Gasteiger partial charge is 0.363 e. The molecule has 0 saturated carbocycles. The van der Waals surface area contributed by atoms with Crippen LogP contribution in [0.2, 0.25) is 0 Å². The van der Waals surface area contributed by atoms with Crippen molar-refractivity contribution >= 4 is 10.0 Å². The van der Waals surface area contributed by atoms with Crippen LogP contribution in [0, 0.1) is 0 Å². The fraction of sp³-hybridized carbons (Fsp3) is 0.333. The number of hydrogen-bond donors (Lipinski definition) is 2. The Bertz CT molecular complexity index is 737. The maximum atomic E-state index is 12.7. The molecule has 1 aliphatic rings. The molecule has 1 aromatic heterocycles. The minimum Gasteiger partial charge on any atom is -0.363 e. The number of aromatic amines is 1. The maximum Gasteiger partial charge on any atom is 0.244 e. The van der Waals surface area contributed by atoms with Crippen LogP contribution in [-0.4, -0.2) is 31.3 Å². The lowest BCUT2D eigenvalue weighted by Crippen LogP contribution is -2.35. The number of sulfonamides is 1. The Morgan fingerprint density at radius 3 is 2.81 bits per heavy atom. The number of nitrogens with one attached hydrogen (secondary N) is 2. The van der Waals surface area contributed by atoms with Crippen molar-refractivity contribution in [2.24, 2.45) is 0 Å². The zero-order chi connectivity index (χ0) is 14.9. The Morgan fingerprint density at radius 1 is 1.29 bits per heavy atom. The molecular weight excluding hydrogens is 286 g/mol. The van der Waals surface area contributed by atoms with Gasteiger partial charge in [-0.1, -0.05) is 24.3 Å². The molecule has 2 heterocycles. The van der Waals surface area contributed by atoms with E-state index in [1.807, 2.05) is 25.2 Å². The van der Waals surface area contributed by atoms with Crippen molar-refractivity contribution in [3.8, 4) is 0 Å². The second kappa shape index (κ2) is 5.63. The first-order valence-corrected chi connectivity index (χ1v) is 8.44. The molecule has 3 rings (SSSR count). The van der Waals surface area contributed by atoms with Crippen molar-refractivity contribution in [1.82, 2.24) is 14.6 Å². The Morgan fingerprint density at radius 2 is 2.05 bits per heavy atom. The molecule has 0 spiro atoms. The number of H-pyrrole nitrogens is 1. The summed E-state index contributed by atoms with van der Waals surface area (Å²) in [6, 6.07) is 9.73. The number of nitrogens with zero attached hydrogens (tertiary/aromatic N) is 1. The molecule has 0 saturated heterocycles. The average Bonchev–Trinajstić information content (AvgIpc) is 2.96. The van der Waals surface area contributed by atoms with Crippen LogP contribution in [-0.2, 0) is 29.5 Å². The molecule has 112 valence electrons. The maximum absolute atomic E-state index is 12.7. The monoisotopic (exact) mass is 305 g/mol. The summed E-state index contributed by atoms with van der Waals surface area (Å²) in [5.41, 5.74) is 3.21. The van der Waals surface area contributed by atoms with Gasteiger partial charge in [0.05, 0.1) is 4.90 Å². The summed E-state index contributed by atoms with van der Waals surface area (Å²) < 4.78 is 27.0. The topological polar surface area (TPSA) is 65.2 Å². The summed E-state index contributed by atoms with van der Waals surface area (Å²) in [6.07, 6.45) is 2.34. The first kappa shape index (κ1) is 14.3. The summed E-state index contributed by atoms with van der Waals surface area (Å²) in [7, 11) is -1.60. The van der Waals surface area contributed by atoms with Crippen LogP contribution in [0.15, 0.2) is 41.4 Å². The molecule has 0 unspecified atom stereocenters. The fourth-order valence-electron chi connectivity index (χ4n) is 2.68. The van der Waals surface area contributed by atoms with Gasteiger partial charge in [0.2, 0.25) is 10.0 Å². The van der Waals surface area contributed by atoms with Gasteiger partial charge in [0.25, 0.3) is 0 Å². The molecule has 0 atom stereocenters. The minimum absolute atomic E-state index is 0.340. The number of benzene rings is 1. The van der Waals surface area contributed by atoms with Crippen LogP contribution in [0.1, 0.15) is 16.8 Å². The van der Waals surface area contributed by atoms with Crippen molar-refractivity contribution in [2.45, 2.75) is 24.4 Å². The fourth-order valence-corrected chi connectivity index (χ4v) is 4.12. The van der Waals surface area contributed by atoms with Crippen LogP contribution in [0.4, 0.5) is 0 Å². The van der Waals surface area contributed by atoms with Gasteiger partial charge < -0.3 is 10.3 Å². The van der Waals surface area contributed by atoms with E-state index in [4.69, 9.17) is 0 Å². The molecule has 0 fully saturated rings. The second-order valence-electron chi connectivity index (χ2n) is 5.25. The van der Waals surface area contributed by atoms with E-state index in [1.54, 1.807) is 16.6 Å². The van der Waals surface area contributed by atoms with E-state index >= 15 is 0 Å². The molecule has 5 nitrogen and oxygen atoms in total. The van der Waals surface area contributed by atoms with Gasteiger partial charge in [-0.3, -0.25) is 0 Å². The average molecular weight is 305 g/mol. The first-order chi connectivity index (χ1) is 10.1. The van der Waals surface area contributed by atoms with Crippen LogP contribution in [0.5, 0.6) is 0 Å². The summed E-state index contributed by atoms with van der Waals surface area (Å²) in [6.45, 7) is 1.61. The Kier molecular flexibility index (Phi) is 3.84. The van der Waals surface area contributed by atoms with Gasteiger partial charge in [-0.05, 0) is 30.7 Å². The highest BCUT2D eigenvalue weighted by Gasteiger charge is 2.28. The molecule has 1 aliphatic heterocycles. The summed E-state index contributed by atoms with van der Waals surface area (Å²) in [4.78, 5) is 3.34. The van der Waals surface area contributed by atoms with Crippen LogP contribution >= 0.6 is 0 Å². The van der Waals surface area contributed by atoms with Gasteiger partial charge in [0, 0.05) is 31.5 Å². The van der Waals surface area contributed by atoms with E-state index in [1.165, 1.54) is 5.56 Å². The van der Waals surface area contributed by atoms with Gasteiger partial charge in [-0.2, -0.15) is 4.31 Å². The second-order valence-corrected chi connectivity index (χ2v) is 7.19. The van der Waals surface area contributed by atoms with E-state index in [9.17, 15) is 8.42 Å². The van der Waals surface area contributed by atoms with E-state index in [-0.39, 0.29) is 0 Å². The Labute approximate surface area is 125 Å². The highest BCUT2D eigenvalue weighted by molar-refractivity contribution is 7.89. The Hall–Kier alpha value is -1.63. The molecule has 0 radical (unpaired) electrons. The van der Waals surface area contributed by atoms with Crippen molar-refractivity contribution in [2.75, 3.05) is 13.6 Å². The predicted molar refractivity (Wildman–Crippen MR) is 81.3 cm³/mol. The highest BCUT2D eigenvalue weighted by Crippen LogP contribution is 2.25. The lowest BCUT2D eigenvalue weighted by Gasteiger charge is -2.27. The van der Waals surface area contributed by atoms with Gasteiger partial charge in [-0.15, -0.1) is 0 Å². The Balaban J connectivity index is 1.85. The van der Waals surface area contributed by atoms with Crippen LogP contribution in [0.25, 0.3) is 0 Å². The summed E-state index contributed by atoms with van der Waals surface area (Å²) in [5, 5.41) is 3.00. The molecule has 2 aromatic rings. The lowest BCUT2D eigenvalue weighted by atomic mass is 10.0. The van der Waals surface area contributed by atoms with Crippen molar-refractivity contribution in [3.63, 3.8) is 0 Å². The van der Waals surface area contributed by atoms with Crippen molar-refractivity contribution in [3.05, 3.63) is 53.3 Å². The molecule has 21 heavy (non-hydrogen) atoms. The van der Waals surface area contributed by atoms with Gasteiger partial charge >= 0.3 is 0 Å². The molecular formula is C15H19N3O2S. The third-order valence-electron chi connectivity index (χ3n) is 3.82. The number of aromatic nitrogens is 1. The molecule has 2 N–H and O–H groups in total. The first-order valence-electron chi connectivity index (χ1n) is 7.00. The molecule has 1 aromatic carbocycles. The zero-order valence-corrected chi connectivity index (χ0v) is 12.8. The van der Waals surface area contributed by atoms with Gasteiger partial charge in [0.15, 0.2) is 0 Å². The predicted octanol–water partition coefficient (Wildman–Crippen LogP) is 1.48. The number of rotatable bonds is 4. The number of fused-ring (bicyclic) bond motifs is 1. The van der Waals surface area contributed by atoms with E-state index < -0.39 is 10.0 Å². The lowest BCUT2D eigenvalue weighted by molar-refractivity contribution is 0.391. The van der Waals surface area contributed by atoms with Crippen molar-refractivity contribution < 1.29 is 8.42 Å². The molecule has 0 aliphatic carbocycles. The zero-order valence-electron chi connectivity index (χ0n) is 12.0. The number of hydrogen-bond acceptors (Lipinski definition) is 3. The molecule has 0 amide bonds. The van der Waals surface area contributed by atoms with Gasteiger partial charge in [-0.25, -0.2) is 8.42 Å². The standard InChI is InChI=1S/C15H19N3O2S/c1-16-9-14-8-15(10-17-14)21(19,20)18-7-6-12-4-2-3-5-13(12)11-18/h2-5,8,10,16-17H,6-7,9,11H2,1H3. The quantitative estimate of drug-likeness (QED) is 0.899. The van der Waals surface area contributed by atoms with Crippen molar-refractivity contribution in [1.29, 1.82) is 0 Å². The third-order valence-corrected chi connectivity index (χ3v) is 5.64. The minimum atomic E-state index is -3.43. The smallest absolute Gasteiger partial charge is 0.244 e. The summed E-state index contributed by atoms with van der Waals surface area (Å²) in [5.74, 6) is 0. The van der Waals surface area contributed by atoms with Gasteiger partial charge in [0.1, 0.15) is 0 Å². The van der Waals surface area contributed by atoms with E-state index in [0.29, 0.717) is 24.5 Å². The van der Waals surface area contributed by atoms with E-state index in [0.717, 1.165) is 17.7 Å². The summed E-state index contributed by atoms with van der Waals surface area (Å²) >= 11 is 0. The molecule has 0 bridgehead atoms. The molecule has 6 heteroatoms. The normalized spacial score (nSPS) is 15.9. The third kappa shape index (κ3) is 2.74.